The molecule has 3 aromatic rings. The average Bonchev–Trinajstić information content (AvgIpc) is 3.07. The predicted octanol–water partition coefficient (Wildman–Crippen LogP) is 2.15. The van der Waals surface area contributed by atoms with Gasteiger partial charge in [0, 0.05) is 19.3 Å². The van der Waals surface area contributed by atoms with Gasteiger partial charge < -0.3 is 9.64 Å². The molecule has 0 spiro atoms. The van der Waals surface area contributed by atoms with Crippen LogP contribution in [0.15, 0.2) is 43.0 Å². The van der Waals surface area contributed by atoms with E-state index in [2.05, 4.69) is 27.3 Å². The van der Waals surface area contributed by atoms with Crippen molar-refractivity contribution in [2.75, 3.05) is 14.2 Å². The first-order valence-corrected chi connectivity index (χ1v) is 8.22. The first-order chi connectivity index (χ1) is 12.2. The van der Waals surface area contributed by atoms with Gasteiger partial charge in [0.05, 0.1) is 13.3 Å². The van der Waals surface area contributed by atoms with Crippen LogP contribution < -0.4 is 4.74 Å². The van der Waals surface area contributed by atoms with E-state index < -0.39 is 0 Å². The molecule has 7 nitrogen and oxygen atoms in total. The van der Waals surface area contributed by atoms with Crippen LogP contribution in [0.1, 0.15) is 34.8 Å². The molecule has 0 radical (unpaired) electrons. The van der Waals surface area contributed by atoms with Gasteiger partial charge in [-0.1, -0.05) is 12.1 Å². The molecule has 1 fully saturated rings. The minimum Gasteiger partial charge on any atom is -0.497 e. The fourth-order valence-electron chi connectivity index (χ4n) is 3.26. The highest BCUT2D eigenvalue weighted by molar-refractivity contribution is 5.92. The molecule has 4 rings (SSSR count). The number of carbonyl (C=O) groups is 1. The first-order valence-electron chi connectivity index (χ1n) is 8.22. The van der Waals surface area contributed by atoms with E-state index in [-0.39, 0.29) is 11.9 Å². The van der Waals surface area contributed by atoms with Gasteiger partial charge in [0.2, 0.25) is 0 Å². The van der Waals surface area contributed by atoms with Gasteiger partial charge in [-0.2, -0.15) is 0 Å². The highest BCUT2D eigenvalue weighted by Crippen LogP contribution is 2.40. The maximum atomic E-state index is 12.7. The van der Waals surface area contributed by atoms with Crippen molar-refractivity contribution in [1.82, 2.24) is 24.5 Å². The van der Waals surface area contributed by atoms with Gasteiger partial charge in [0.1, 0.15) is 17.8 Å². The van der Waals surface area contributed by atoms with Crippen LogP contribution >= 0.6 is 0 Å². The van der Waals surface area contributed by atoms with Gasteiger partial charge in [0.15, 0.2) is 5.65 Å². The van der Waals surface area contributed by atoms with Crippen LogP contribution in [0.4, 0.5) is 0 Å². The number of rotatable bonds is 4. The third-order valence-corrected chi connectivity index (χ3v) is 4.95. The Bertz CT molecular complexity index is 916. The third kappa shape index (κ3) is 2.82. The van der Waals surface area contributed by atoms with Gasteiger partial charge in [0.25, 0.3) is 5.91 Å². The van der Waals surface area contributed by atoms with Gasteiger partial charge in [-0.25, -0.2) is 4.98 Å². The molecule has 25 heavy (non-hydrogen) atoms. The molecule has 1 aromatic carbocycles. The van der Waals surface area contributed by atoms with E-state index in [0.29, 0.717) is 17.3 Å². The van der Waals surface area contributed by atoms with Crippen molar-refractivity contribution in [2.45, 2.75) is 24.8 Å². The Hall–Kier alpha value is -2.96. The summed E-state index contributed by atoms with van der Waals surface area (Å²) in [5.74, 6) is 1.25. The molecule has 0 atom stereocenters. The second-order valence-electron chi connectivity index (χ2n) is 6.38. The van der Waals surface area contributed by atoms with Crippen LogP contribution in [-0.2, 0) is 0 Å². The zero-order valence-corrected chi connectivity index (χ0v) is 14.2. The Morgan fingerprint density at radius 2 is 2.20 bits per heavy atom. The number of ether oxygens (including phenoxy) is 1. The second-order valence-corrected chi connectivity index (χ2v) is 6.38. The Labute approximate surface area is 145 Å². The van der Waals surface area contributed by atoms with Crippen molar-refractivity contribution < 1.29 is 9.53 Å². The van der Waals surface area contributed by atoms with E-state index >= 15 is 0 Å². The Balaban J connectivity index is 1.43. The summed E-state index contributed by atoms with van der Waals surface area (Å²) in [6.07, 6.45) is 6.70. The second kappa shape index (κ2) is 6.16. The minimum atomic E-state index is -0.0790. The molecule has 0 aliphatic heterocycles. The summed E-state index contributed by atoms with van der Waals surface area (Å²) in [6.45, 7) is 0. The number of hydrogen-bond donors (Lipinski definition) is 0. The lowest BCUT2D eigenvalue weighted by Gasteiger charge is -2.41. The molecule has 1 aliphatic carbocycles. The number of hydrogen-bond acceptors (Lipinski definition) is 5. The van der Waals surface area contributed by atoms with Crippen molar-refractivity contribution >= 4 is 11.6 Å². The standard InChI is InChI=1S/C18H19N5O2/c1-22(18(24)16-10-23-11-20-21-17(23)9-19-16)14-6-13(7-14)12-4-3-5-15(8-12)25-2/h3-5,8-11,13-14H,6-7H2,1-2H3. The number of benzene rings is 1. The van der Waals surface area contributed by atoms with Crippen molar-refractivity contribution in [2.24, 2.45) is 0 Å². The van der Waals surface area contributed by atoms with Gasteiger partial charge >= 0.3 is 0 Å². The van der Waals surface area contributed by atoms with Crippen molar-refractivity contribution in [3.05, 3.63) is 54.2 Å². The summed E-state index contributed by atoms with van der Waals surface area (Å²) in [5.41, 5.74) is 2.29. The van der Waals surface area contributed by atoms with Crippen LogP contribution in [-0.4, -0.2) is 50.6 Å². The summed E-state index contributed by atoms with van der Waals surface area (Å²) >= 11 is 0. The molecular formula is C18H19N5O2. The quantitative estimate of drug-likeness (QED) is 0.729. The number of nitrogens with zero attached hydrogens (tertiary/aromatic N) is 5. The summed E-state index contributed by atoms with van der Waals surface area (Å²) in [4.78, 5) is 18.7. The molecule has 1 amide bonds. The Morgan fingerprint density at radius 1 is 1.36 bits per heavy atom. The third-order valence-electron chi connectivity index (χ3n) is 4.95. The molecule has 0 bridgehead atoms. The van der Waals surface area contributed by atoms with Gasteiger partial charge in [-0.3, -0.25) is 9.20 Å². The van der Waals surface area contributed by atoms with E-state index in [1.807, 2.05) is 19.2 Å². The number of carbonyl (C=O) groups excluding carboxylic acids is 1. The highest BCUT2D eigenvalue weighted by atomic mass is 16.5. The fourth-order valence-corrected chi connectivity index (χ4v) is 3.26. The topological polar surface area (TPSA) is 72.6 Å². The molecular weight excluding hydrogens is 318 g/mol. The summed E-state index contributed by atoms with van der Waals surface area (Å²) in [5, 5.41) is 7.70. The zero-order chi connectivity index (χ0) is 17.4. The number of fused-ring (bicyclic) bond motifs is 1. The van der Waals surface area contributed by atoms with E-state index in [9.17, 15) is 4.79 Å². The maximum Gasteiger partial charge on any atom is 0.273 e. The predicted molar refractivity (Wildman–Crippen MR) is 91.6 cm³/mol. The summed E-state index contributed by atoms with van der Waals surface area (Å²) in [6, 6.07) is 8.37. The van der Waals surface area contributed by atoms with Crippen LogP contribution in [0.25, 0.3) is 5.65 Å². The fraction of sp³-hybridized carbons (Fsp3) is 0.333. The molecule has 0 unspecified atom stereocenters. The van der Waals surface area contributed by atoms with Gasteiger partial charge in [-0.05, 0) is 36.5 Å². The molecule has 1 saturated carbocycles. The number of amides is 1. The zero-order valence-electron chi connectivity index (χ0n) is 14.2. The van der Waals surface area contributed by atoms with Crippen LogP contribution in [0.5, 0.6) is 5.75 Å². The normalized spacial score (nSPS) is 19.4. The van der Waals surface area contributed by atoms with E-state index in [4.69, 9.17) is 4.74 Å². The van der Waals surface area contributed by atoms with Crippen LogP contribution in [0, 0.1) is 0 Å². The molecule has 2 heterocycles. The van der Waals surface area contributed by atoms with Crippen molar-refractivity contribution in [3.63, 3.8) is 0 Å². The van der Waals surface area contributed by atoms with E-state index in [0.717, 1.165) is 18.6 Å². The van der Waals surface area contributed by atoms with Crippen molar-refractivity contribution in [1.29, 1.82) is 0 Å². The van der Waals surface area contributed by atoms with Gasteiger partial charge in [-0.15, -0.1) is 10.2 Å². The molecule has 2 aromatic heterocycles. The average molecular weight is 337 g/mol. The molecule has 0 N–H and O–H groups in total. The number of methoxy groups -OCH3 is 1. The first kappa shape index (κ1) is 15.6. The summed E-state index contributed by atoms with van der Waals surface area (Å²) < 4.78 is 6.99. The molecule has 7 heteroatoms. The Kier molecular flexibility index (Phi) is 3.83. The van der Waals surface area contributed by atoms with E-state index in [1.54, 1.807) is 35.1 Å². The van der Waals surface area contributed by atoms with Crippen molar-refractivity contribution in [3.8, 4) is 5.75 Å². The molecule has 0 saturated heterocycles. The lowest BCUT2D eigenvalue weighted by atomic mass is 9.75. The molecule has 128 valence electrons. The lowest BCUT2D eigenvalue weighted by molar-refractivity contribution is 0.0614. The SMILES string of the molecule is COc1cccc(C2CC(N(C)C(=O)c3cn4cnnc4cn3)C2)c1. The summed E-state index contributed by atoms with van der Waals surface area (Å²) in [7, 11) is 3.52. The maximum absolute atomic E-state index is 12.7. The van der Waals surface area contributed by atoms with Crippen LogP contribution in [0.2, 0.25) is 0 Å². The Morgan fingerprint density at radius 3 is 3.00 bits per heavy atom. The van der Waals surface area contributed by atoms with E-state index in [1.165, 1.54) is 5.56 Å². The largest absolute Gasteiger partial charge is 0.497 e. The highest BCUT2D eigenvalue weighted by Gasteiger charge is 2.35. The lowest BCUT2D eigenvalue weighted by Crippen LogP contribution is -2.45. The monoisotopic (exact) mass is 337 g/mol. The smallest absolute Gasteiger partial charge is 0.273 e. The molecule has 1 aliphatic rings. The number of aromatic nitrogens is 4. The van der Waals surface area contributed by atoms with Crippen LogP contribution in [0.3, 0.4) is 0 Å². The minimum absolute atomic E-state index is 0.0790.